The van der Waals surface area contributed by atoms with Gasteiger partial charge in [0.25, 0.3) is 0 Å². The molecule has 0 unspecified atom stereocenters. The second kappa shape index (κ2) is 5.02. The minimum absolute atomic E-state index is 0.0432. The molecule has 3 rings (SSSR count). The summed E-state index contributed by atoms with van der Waals surface area (Å²) < 4.78 is 0. The Hall–Kier alpha value is -2.27. The van der Waals surface area contributed by atoms with Gasteiger partial charge in [-0.15, -0.1) is 11.3 Å². The third-order valence-corrected chi connectivity index (χ3v) is 3.88. The molecule has 5 heteroatoms. The van der Waals surface area contributed by atoms with E-state index in [1.165, 1.54) is 11.3 Å². The van der Waals surface area contributed by atoms with Gasteiger partial charge in [0.05, 0.1) is 17.6 Å². The highest BCUT2D eigenvalue weighted by Gasteiger charge is 2.11. The Morgan fingerprint density at radius 3 is 2.90 bits per heavy atom. The smallest absolute Gasteiger partial charge is 0.309 e. The van der Waals surface area contributed by atoms with E-state index in [0.29, 0.717) is 5.69 Å². The zero-order chi connectivity index (χ0) is 14.1. The summed E-state index contributed by atoms with van der Waals surface area (Å²) in [4.78, 5) is 19.7. The number of aryl methyl sites for hydroxylation is 1. The average molecular weight is 284 g/mol. The lowest BCUT2D eigenvalue weighted by molar-refractivity contribution is -0.136. The largest absolute Gasteiger partial charge is 0.481 e. The summed E-state index contributed by atoms with van der Waals surface area (Å²) in [6.07, 6.45) is -0.0432. The van der Waals surface area contributed by atoms with E-state index in [4.69, 9.17) is 5.11 Å². The summed E-state index contributed by atoms with van der Waals surface area (Å²) in [5.41, 5.74) is 3.46. The van der Waals surface area contributed by atoms with Crippen molar-refractivity contribution in [3.8, 4) is 10.6 Å². The molecule has 2 aromatic heterocycles. The van der Waals surface area contributed by atoms with Crippen molar-refractivity contribution in [2.45, 2.75) is 13.3 Å². The number of fused-ring (bicyclic) bond motifs is 1. The third kappa shape index (κ3) is 2.40. The van der Waals surface area contributed by atoms with Gasteiger partial charge in [0.1, 0.15) is 5.01 Å². The van der Waals surface area contributed by atoms with Crippen molar-refractivity contribution in [2.24, 2.45) is 0 Å². The second-order valence-corrected chi connectivity index (χ2v) is 5.40. The minimum Gasteiger partial charge on any atom is -0.481 e. The number of aliphatic carboxylic acids is 1. The predicted octanol–water partition coefficient (Wildman–Crippen LogP) is 3.29. The van der Waals surface area contributed by atoms with Gasteiger partial charge in [0.15, 0.2) is 0 Å². The van der Waals surface area contributed by atoms with Crippen LogP contribution in [0.15, 0.2) is 35.7 Å². The first kappa shape index (κ1) is 12.7. The van der Waals surface area contributed by atoms with Gasteiger partial charge in [-0.25, -0.2) is 4.98 Å². The lowest BCUT2D eigenvalue weighted by Gasteiger charge is -2.05. The van der Waals surface area contributed by atoms with E-state index in [2.05, 4.69) is 9.97 Å². The molecule has 4 nitrogen and oxygen atoms in total. The van der Waals surface area contributed by atoms with Crippen molar-refractivity contribution < 1.29 is 9.90 Å². The van der Waals surface area contributed by atoms with E-state index in [0.717, 1.165) is 27.2 Å². The number of benzene rings is 1. The second-order valence-electron chi connectivity index (χ2n) is 4.54. The fourth-order valence-electron chi connectivity index (χ4n) is 2.15. The number of carboxylic acids is 1. The maximum atomic E-state index is 10.7. The summed E-state index contributed by atoms with van der Waals surface area (Å²) in [7, 11) is 0. The molecule has 0 spiro atoms. The predicted molar refractivity (Wildman–Crippen MR) is 78.9 cm³/mol. The van der Waals surface area contributed by atoms with Crippen LogP contribution < -0.4 is 0 Å². The first-order valence-corrected chi connectivity index (χ1v) is 7.04. The van der Waals surface area contributed by atoms with E-state index in [9.17, 15) is 4.79 Å². The van der Waals surface area contributed by atoms with E-state index < -0.39 is 5.97 Å². The topological polar surface area (TPSA) is 63.1 Å². The lowest BCUT2D eigenvalue weighted by atomic mass is 10.1. The number of para-hydroxylation sites is 1. The number of hydrogen-bond donors (Lipinski definition) is 1. The lowest BCUT2D eigenvalue weighted by Crippen LogP contribution is -2.00. The van der Waals surface area contributed by atoms with Crippen LogP contribution in [0.4, 0.5) is 0 Å². The van der Waals surface area contributed by atoms with Crippen molar-refractivity contribution in [2.75, 3.05) is 0 Å². The van der Waals surface area contributed by atoms with Crippen LogP contribution in [0, 0.1) is 6.92 Å². The molecule has 0 aliphatic heterocycles. The maximum Gasteiger partial charge on any atom is 0.309 e. The van der Waals surface area contributed by atoms with Gasteiger partial charge in [-0.05, 0) is 19.1 Å². The SMILES string of the molecule is Cc1cc(-c2nc(CC(=O)O)cs2)c2ccccc2n1. The van der Waals surface area contributed by atoms with Crippen molar-refractivity contribution in [1.82, 2.24) is 9.97 Å². The van der Waals surface area contributed by atoms with Crippen molar-refractivity contribution in [1.29, 1.82) is 0 Å². The van der Waals surface area contributed by atoms with Gasteiger partial charge in [-0.3, -0.25) is 9.78 Å². The van der Waals surface area contributed by atoms with Gasteiger partial charge < -0.3 is 5.11 Å². The molecule has 20 heavy (non-hydrogen) atoms. The molecular weight excluding hydrogens is 272 g/mol. The van der Waals surface area contributed by atoms with Gasteiger partial charge in [-0.1, -0.05) is 18.2 Å². The van der Waals surface area contributed by atoms with Gasteiger partial charge in [0, 0.05) is 22.0 Å². The van der Waals surface area contributed by atoms with Crippen LogP contribution in [0.25, 0.3) is 21.5 Å². The first-order chi connectivity index (χ1) is 9.63. The number of carbonyl (C=O) groups is 1. The molecule has 0 amide bonds. The molecule has 1 N–H and O–H groups in total. The highest BCUT2D eigenvalue weighted by atomic mass is 32.1. The van der Waals surface area contributed by atoms with E-state index in [1.54, 1.807) is 5.38 Å². The zero-order valence-corrected chi connectivity index (χ0v) is 11.6. The van der Waals surface area contributed by atoms with Gasteiger partial charge in [0.2, 0.25) is 0 Å². The number of rotatable bonds is 3. The Kier molecular flexibility index (Phi) is 3.20. The van der Waals surface area contributed by atoms with Crippen molar-refractivity contribution in [3.05, 3.63) is 47.1 Å². The Balaban J connectivity index is 2.14. The normalized spacial score (nSPS) is 10.8. The number of hydrogen-bond acceptors (Lipinski definition) is 4. The molecule has 100 valence electrons. The Bertz CT molecular complexity index is 795. The van der Waals surface area contributed by atoms with Crippen LogP contribution in [-0.4, -0.2) is 21.0 Å². The number of nitrogens with zero attached hydrogens (tertiary/aromatic N) is 2. The van der Waals surface area contributed by atoms with E-state index >= 15 is 0 Å². The number of pyridine rings is 1. The first-order valence-electron chi connectivity index (χ1n) is 6.16. The fraction of sp³-hybridized carbons (Fsp3) is 0.133. The molecule has 0 aliphatic carbocycles. The standard InChI is InChI=1S/C15H12N2O2S/c1-9-6-12(11-4-2-3-5-13(11)16-9)15-17-10(8-20-15)7-14(18)19/h2-6,8H,7H2,1H3,(H,18,19). The van der Waals surface area contributed by atoms with E-state index in [1.807, 2.05) is 37.3 Å². The summed E-state index contributed by atoms with van der Waals surface area (Å²) >= 11 is 1.47. The minimum atomic E-state index is -0.863. The molecule has 0 fully saturated rings. The Morgan fingerprint density at radius 2 is 2.10 bits per heavy atom. The molecule has 0 bridgehead atoms. The number of aromatic nitrogens is 2. The third-order valence-electron chi connectivity index (χ3n) is 2.96. The summed E-state index contributed by atoms with van der Waals surface area (Å²) in [6.45, 7) is 1.95. The Labute approximate surface area is 119 Å². The highest BCUT2D eigenvalue weighted by molar-refractivity contribution is 7.13. The van der Waals surface area contributed by atoms with Gasteiger partial charge >= 0.3 is 5.97 Å². The van der Waals surface area contributed by atoms with Crippen LogP contribution in [0.1, 0.15) is 11.4 Å². The van der Waals surface area contributed by atoms with Crippen LogP contribution in [0.2, 0.25) is 0 Å². The van der Waals surface area contributed by atoms with Gasteiger partial charge in [-0.2, -0.15) is 0 Å². The molecule has 0 saturated heterocycles. The monoisotopic (exact) mass is 284 g/mol. The molecular formula is C15H12N2O2S. The number of carboxylic acid groups (broad SMARTS) is 1. The molecule has 0 saturated carbocycles. The summed E-state index contributed by atoms with van der Waals surface area (Å²) in [5.74, 6) is -0.863. The molecule has 0 atom stereocenters. The van der Waals surface area contributed by atoms with Crippen molar-refractivity contribution in [3.63, 3.8) is 0 Å². The molecule has 2 heterocycles. The quantitative estimate of drug-likeness (QED) is 0.801. The van der Waals surface area contributed by atoms with Crippen LogP contribution >= 0.6 is 11.3 Å². The average Bonchev–Trinajstić information content (AvgIpc) is 2.85. The molecule has 3 aromatic rings. The highest BCUT2D eigenvalue weighted by Crippen LogP contribution is 2.30. The van der Waals surface area contributed by atoms with Crippen LogP contribution in [0.3, 0.4) is 0 Å². The Morgan fingerprint density at radius 1 is 1.30 bits per heavy atom. The zero-order valence-electron chi connectivity index (χ0n) is 10.8. The summed E-state index contributed by atoms with van der Waals surface area (Å²) in [5, 5.41) is 12.5. The fourth-order valence-corrected chi connectivity index (χ4v) is 3.00. The summed E-state index contributed by atoms with van der Waals surface area (Å²) in [6, 6.07) is 9.89. The molecule has 0 aliphatic rings. The number of thiazole rings is 1. The van der Waals surface area contributed by atoms with Crippen LogP contribution in [0.5, 0.6) is 0 Å². The maximum absolute atomic E-state index is 10.7. The van der Waals surface area contributed by atoms with E-state index in [-0.39, 0.29) is 6.42 Å². The van der Waals surface area contributed by atoms with Crippen LogP contribution in [-0.2, 0) is 11.2 Å². The molecule has 1 aromatic carbocycles. The van der Waals surface area contributed by atoms with Crippen molar-refractivity contribution >= 4 is 28.2 Å². The molecule has 0 radical (unpaired) electrons.